The average molecular weight is 347 g/mol. The first-order valence-corrected chi connectivity index (χ1v) is 7.37. The normalized spacial score (nSPS) is 16.8. The van der Waals surface area contributed by atoms with Gasteiger partial charge in [0.2, 0.25) is 0 Å². The molecule has 0 bridgehead atoms. The van der Waals surface area contributed by atoms with Crippen molar-refractivity contribution in [3.05, 3.63) is 33.8 Å². The summed E-state index contributed by atoms with van der Waals surface area (Å²) in [6, 6.07) is 2.73. The van der Waals surface area contributed by atoms with Gasteiger partial charge in [-0.2, -0.15) is 0 Å². The SMILES string of the molecule is CC(C)N1CCN(C(=O)c2cc(F)c(F)c(Br)c2)CC1. The highest BCUT2D eigenvalue weighted by atomic mass is 79.9. The van der Waals surface area contributed by atoms with Crippen LogP contribution in [0.4, 0.5) is 8.78 Å². The number of hydrogen-bond donors (Lipinski definition) is 0. The molecule has 1 aromatic rings. The second kappa shape index (κ2) is 6.18. The Hall–Kier alpha value is -1.01. The molecule has 1 saturated heterocycles. The monoisotopic (exact) mass is 346 g/mol. The standard InChI is InChI=1S/C14H17BrF2N2O/c1-9(2)18-3-5-19(6-4-18)14(20)10-7-11(15)13(17)12(16)8-10/h7-9H,3-6H2,1-2H3. The Morgan fingerprint density at radius 1 is 1.20 bits per heavy atom. The van der Waals surface area contributed by atoms with Crippen molar-refractivity contribution in [2.24, 2.45) is 0 Å². The van der Waals surface area contributed by atoms with Crippen LogP contribution in [0.5, 0.6) is 0 Å². The van der Waals surface area contributed by atoms with E-state index in [-0.39, 0.29) is 15.9 Å². The van der Waals surface area contributed by atoms with Gasteiger partial charge < -0.3 is 4.90 Å². The van der Waals surface area contributed by atoms with Gasteiger partial charge in [-0.25, -0.2) is 8.78 Å². The van der Waals surface area contributed by atoms with Crippen LogP contribution in [0, 0.1) is 11.6 Å². The van der Waals surface area contributed by atoms with Crippen molar-refractivity contribution < 1.29 is 13.6 Å². The maximum absolute atomic E-state index is 13.4. The summed E-state index contributed by atoms with van der Waals surface area (Å²) in [6.07, 6.45) is 0. The van der Waals surface area contributed by atoms with Crippen molar-refractivity contribution in [3.63, 3.8) is 0 Å². The average Bonchev–Trinajstić information content (AvgIpc) is 2.43. The molecule has 0 radical (unpaired) electrons. The lowest BCUT2D eigenvalue weighted by molar-refractivity contribution is 0.0595. The first kappa shape index (κ1) is 15.4. The van der Waals surface area contributed by atoms with Gasteiger partial charge in [0.1, 0.15) is 0 Å². The molecular formula is C14H17BrF2N2O. The number of nitrogens with zero attached hydrogens (tertiary/aromatic N) is 2. The summed E-state index contributed by atoms with van der Waals surface area (Å²) >= 11 is 2.92. The van der Waals surface area contributed by atoms with Gasteiger partial charge in [0.25, 0.3) is 5.91 Å². The summed E-state index contributed by atoms with van der Waals surface area (Å²) in [5.41, 5.74) is 0.175. The van der Waals surface area contributed by atoms with Gasteiger partial charge in [-0.1, -0.05) is 0 Å². The smallest absolute Gasteiger partial charge is 0.254 e. The maximum Gasteiger partial charge on any atom is 0.254 e. The molecule has 1 aromatic carbocycles. The van der Waals surface area contributed by atoms with Crippen LogP contribution in [0.25, 0.3) is 0 Å². The summed E-state index contributed by atoms with van der Waals surface area (Å²) in [5.74, 6) is -2.23. The van der Waals surface area contributed by atoms with Gasteiger partial charge in [0, 0.05) is 37.8 Å². The van der Waals surface area contributed by atoms with Crippen LogP contribution in [0.2, 0.25) is 0 Å². The topological polar surface area (TPSA) is 23.6 Å². The molecule has 1 amide bonds. The summed E-state index contributed by atoms with van der Waals surface area (Å²) in [7, 11) is 0. The fourth-order valence-electron chi connectivity index (χ4n) is 2.30. The van der Waals surface area contributed by atoms with Crippen LogP contribution < -0.4 is 0 Å². The van der Waals surface area contributed by atoms with Crippen LogP contribution in [0.1, 0.15) is 24.2 Å². The lowest BCUT2D eigenvalue weighted by atomic mass is 10.1. The minimum atomic E-state index is -1.01. The number of carbonyl (C=O) groups excluding carboxylic acids is 1. The Balaban J connectivity index is 2.09. The van der Waals surface area contributed by atoms with Crippen molar-refractivity contribution in [1.29, 1.82) is 0 Å². The largest absolute Gasteiger partial charge is 0.336 e. The molecule has 2 rings (SSSR count). The van der Waals surface area contributed by atoms with E-state index in [0.29, 0.717) is 19.1 Å². The number of carbonyl (C=O) groups is 1. The van der Waals surface area contributed by atoms with E-state index < -0.39 is 11.6 Å². The van der Waals surface area contributed by atoms with E-state index in [1.807, 2.05) is 0 Å². The molecule has 110 valence electrons. The molecule has 1 aliphatic rings. The summed E-state index contributed by atoms with van der Waals surface area (Å²) in [5, 5.41) is 0. The Labute approximate surface area is 125 Å². The molecular weight excluding hydrogens is 330 g/mol. The third-order valence-electron chi connectivity index (χ3n) is 3.56. The fraction of sp³-hybridized carbons (Fsp3) is 0.500. The number of piperazine rings is 1. The van der Waals surface area contributed by atoms with Crippen LogP contribution in [-0.2, 0) is 0 Å². The lowest BCUT2D eigenvalue weighted by Crippen LogP contribution is -2.50. The third kappa shape index (κ3) is 3.17. The third-order valence-corrected chi connectivity index (χ3v) is 4.14. The Morgan fingerprint density at radius 2 is 1.80 bits per heavy atom. The number of benzene rings is 1. The highest BCUT2D eigenvalue weighted by Gasteiger charge is 2.24. The second-order valence-electron chi connectivity index (χ2n) is 5.18. The van der Waals surface area contributed by atoms with Crippen molar-refractivity contribution >= 4 is 21.8 Å². The number of halogens is 3. The predicted molar refractivity (Wildman–Crippen MR) is 76.7 cm³/mol. The van der Waals surface area contributed by atoms with E-state index >= 15 is 0 Å². The fourth-order valence-corrected chi connectivity index (χ4v) is 2.74. The Kier molecular flexibility index (Phi) is 4.75. The Bertz CT molecular complexity index is 491. The first-order chi connectivity index (χ1) is 9.40. The van der Waals surface area contributed by atoms with Crippen molar-refractivity contribution in [3.8, 4) is 0 Å². The molecule has 0 aliphatic carbocycles. The van der Waals surface area contributed by atoms with E-state index in [1.54, 1.807) is 4.90 Å². The first-order valence-electron chi connectivity index (χ1n) is 6.58. The van der Waals surface area contributed by atoms with E-state index in [2.05, 4.69) is 34.7 Å². The zero-order valence-electron chi connectivity index (χ0n) is 11.5. The number of hydrogen-bond acceptors (Lipinski definition) is 2. The predicted octanol–water partition coefficient (Wildman–Crippen LogP) is 2.89. The number of rotatable bonds is 2. The zero-order valence-corrected chi connectivity index (χ0v) is 13.1. The van der Waals surface area contributed by atoms with Crippen LogP contribution in [0.15, 0.2) is 16.6 Å². The van der Waals surface area contributed by atoms with Crippen LogP contribution >= 0.6 is 15.9 Å². The van der Waals surface area contributed by atoms with Gasteiger partial charge >= 0.3 is 0 Å². The molecule has 3 nitrogen and oxygen atoms in total. The molecule has 0 atom stereocenters. The molecule has 20 heavy (non-hydrogen) atoms. The van der Waals surface area contributed by atoms with Crippen molar-refractivity contribution in [1.82, 2.24) is 9.80 Å². The van der Waals surface area contributed by atoms with Gasteiger partial charge in [-0.05, 0) is 41.9 Å². The Morgan fingerprint density at radius 3 is 2.30 bits per heavy atom. The zero-order chi connectivity index (χ0) is 14.9. The minimum Gasteiger partial charge on any atom is -0.336 e. The van der Waals surface area contributed by atoms with Crippen LogP contribution in [-0.4, -0.2) is 47.9 Å². The lowest BCUT2D eigenvalue weighted by Gasteiger charge is -2.37. The highest BCUT2D eigenvalue weighted by Crippen LogP contribution is 2.21. The molecule has 0 spiro atoms. The molecule has 0 aromatic heterocycles. The molecule has 0 saturated carbocycles. The molecule has 0 unspecified atom stereocenters. The summed E-state index contributed by atoms with van der Waals surface area (Å²) in [4.78, 5) is 16.3. The molecule has 1 aliphatic heterocycles. The minimum absolute atomic E-state index is 0.0262. The summed E-state index contributed by atoms with van der Waals surface area (Å²) in [6.45, 7) is 7.04. The maximum atomic E-state index is 13.4. The van der Waals surface area contributed by atoms with E-state index in [4.69, 9.17) is 0 Å². The van der Waals surface area contributed by atoms with Gasteiger partial charge in [0.05, 0.1) is 4.47 Å². The van der Waals surface area contributed by atoms with E-state index in [1.165, 1.54) is 6.07 Å². The molecule has 1 fully saturated rings. The van der Waals surface area contributed by atoms with Crippen molar-refractivity contribution in [2.75, 3.05) is 26.2 Å². The number of amides is 1. The molecule has 1 heterocycles. The summed E-state index contributed by atoms with van der Waals surface area (Å²) < 4.78 is 26.5. The van der Waals surface area contributed by atoms with Crippen molar-refractivity contribution in [2.45, 2.75) is 19.9 Å². The van der Waals surface area contributed by atoms with Gasteiger partial charge in [0.15, 0.2) is 11.6 Å². The quantitative estimate of drug-likeness (QED) is 0.768. The van der Waals surface area contributed by atoms with E-state index in [0.717, 1.165) is 19.2 Å². The highest BCUT2D eigenvalue weighted by molar-refractivity contribution is 9.10. The van der Waals surface area contributed by atoms with Gasteiger partial charge in [-0.3, -0.25) is 9.69 Å². The van der Waals surface area contributed by atoms with E-state index in [9.17, 15) is 13.6 Å². The molecule has 0 N–H and O–H groups in total. The van der Waals surface area contributed by atoms with Gasteiger partial charge in [-0.15, -0.1) is 0 Å². The second-order valence-corrected chi connectivity index (χ2v) is 6.03. The molecule has 6 heteroatoms. The van der Waals surface area contributed by atoms with Crippen LogP contribution in [0.3, 0.4) is 0 Å².